The van der Waals surface area contributed by atoms with E-state index in [0.717, 1.165) is 6.07 Å². The smallest absolute Gasteiger partial charge is 0.286 e. The van der Waals surface area contributed by atoms with Gasteiger partial charge < -0.3 is 20.1 Å². The van der Waals surface area contributed by atoms with Crippen LogP contribution in [0.1, 0.15) is 23.0 Å². The summed E-state index contributed by atoms with van der Waals surface area (Å²) in [6.07, 6.45) is 0. The zero-order chi connectivity index (χ0) is 22.4. The van der Waals surface area contributed by atoms with Crippen molar-refractivity contribution in [1.82, 2.24) is 4.98 Å². The summed E-state index contributed by atoms with van der Waals surface area (Å²) in [5.74, 6) is -0.620. The van der Waals surface area contributed by atoms with Crippen molar-refractivity contribution in [2.24, 2.45) is 0 Å². The number of nitrogens with one attached hydrogen (secondary N) is 2. The molecule has 0 atom stereocenters. The second kappa shape index (κ2) is 9.67. The van der Waals surface area contributed by atoms with Crippen molar-refractivity contribution >= 4 is 40.2 Å². The van der Waals surface area contributed by atoms with Gasteiger partial charge in [0.2, 0.25) is 5.91 Å². The molecule has 10 nitrogen and oxygen atoms in total. The number of amides is 2. The fraction of sp³-hybridized carbons (Fsp3) is 0.150. The topological polar surface area (TPSA) is 133 Å². The van der Waals surface area contributed by atoms with Gasteiger partial charge in [-0.25, -0.2) is 4.98 Å². The van der Waals surface area contributed by atoms with Crippen LogP contribution in [0.25, 0.3) is 0 Å². The number of nitrogens with zero attached hydrogens (tertiary/aromatic N) is 2. The lowest BCUT2D eigenvalue weighted by molar-refractivity contribution is -0.385. The van der Waals surface area contributed by atoms with E-state index in [0.29, 0.717) is 17.1 Å². The predicted octanol–water partition coefficient (Wildman–Crippen LogP) is 3.85. The largest absolute Gasteiger partial charge is 0.493 e. The van der Waals surface area contributed by atoms with Gasteiger partial charge in [-0.05, 0) is 24.3 Å². The molecule has 2 aromatic carbocycles. The van der Waals surface area contributed by atoms with E-state index < -0.39 is 16.5 Å². The maximum atomic E-state index is 12.7. The molecule has 2 amide bonds. The number of aromatic nitrogens is 1. The van der Waals surface area contributed by atoms with Crippen molar-refractivity contribution in [2.45, 2.75) is 13.5 Å². The second-order valence-corrected chi connectivity index (χ2v) is 6.98. The fourth-order valence-electron chi connectivity index (χ4n) is 2.65. The number of carbonyl (C=O) groups is 2. The summed E-state index contributed by atoms with van der Waals surface area (Å²) in [5, 5.41) is 18.6. The van der Waals surface area contributed by atoms with E-state index in [1.165, 1.54) is 31.4 Å². The molecule has 31 heavy (non-hydrogen) atoms. The normalized spacial score (nSPS) is 10.3. The molecule has 11 heteroatoms. The molecule has 3 rings (SSSR count). The molecule has 0 aliphatic heterocycles. The summed E-state index contributed by atoms with van der Waals surface area (Å²) in [6.45, 7) is 1.48. The van der Waals surface area contributed by atoms with E-state index in [4.69, 9.17) is 9.47 Å². The number of benzene rings is 2. The predicted molar refractivity (Wildman–Crippen MR) is 115 cm³/mol. The third-order valence-electron chi connectivity index (χ3n) is 4.05. The highest BCUT2D eigenvalue weighted by atomic mass is 32.1. The van der Waals surface area contributed by atoms with Gasteiger partial charge in [-0.1, -0.05) is 0 Å². The highest BCUT2D eigenvalue weighted by molar-refractivity contribution is 7.07. The number of hydrogen-bond donors (Lipinski definition) is 2. The molecule has 0 unspecified atom stereocenters. The van der Waals surface area contributed by atoms with Crippen LogP contribution < -0.4 is 20.1 Å². The van der Waals surface area contributed by atoms with Crippen LogP contribution in [0.3, 0.4) is 0 Å². The monoisotopic (exact) mass is 442 g/mol. The van der Waals surface area contributed by atoms with E-state index in [1.54, 1.807) is 35.2 Å². The number of hydrogen-bond acceptors (Lipinski definition) is 8. The molecule has 1 aromatic heterocycles. The first-order chi connectivity index (χ1) is 14.9. The number of methoxy groups -OCH3 is 1. The molecule has 0 fully saturated rings. The number of nitro groups is 1. The third kappa shape index (κ3) is 5.54. The first-order valence-electron chi connectivity index (χ1n) is 8.92. The standard InChI is InChI=1S/C20H18N4O6S/c1-12(25)22-13-3-5-14(6-4-13)23-20(26)16-7-18(29-2)19(8-17(16)24(27)28)30-9-15-10-31-11-21-15/h3-8,10-11H,9H2,1-2H3,(H,22,25)(H,23,26). The molecule has 0 aliphatic rings. The summed E-state index contributed by atoms with van der Waals surface area (Å²) in [5.41, 5.74) is 2.65. The first-order valence-corrected chi connectivity index (χ1v) is 9.87. The molecular formula is C20H18N4O6S. The van der Waals surface area contributed by atoms with Crippen LogP contribution in [-0.2, 0) is 11.4 Å². The lowest BCUT2D eigenvalue weighted by atomic mass is 10.1. The molecule has 0 bridgehead atoms. The molecule has 2 N–H and O–H groups in total. The number of nitro benzene ring substituents is 1. The van der Waals surface area contributed by atoms with Crippen molar-refractivity contribution in [1.29, 1.82) is 0 Å². The molecule has 0 saturated carbocycles. The minimum atomic E-state index is -0.691. The summed E-state index contributed by atoms with van der Waals surface area (Å²) >= 11 is 1.40. The average Bonchev–Trinajstić information content (AvgIpc) is 3.26. The quantitative estimate of drug-likeness (QED) is 0.400. The molecule has 1 heterocycles. The average molecular weight is 442 g/mol. The van der Waals surface area contributed by atoms with Crippen molar-refractivity contribution in [3.05, 3.63) is 68.7 Å². The Morgan fingerprint density at radius 1 is 1.13 bits per heavy atom. The van der Waals surface area contributed by atoms with Crippen LogP contribution in [0.5, 0.6) is 11.5 Å². The van der Waals surface area contributed by atoms with Crippen molar-refractivity contribution < 1.29 is 24.0 Å². The first kappa shape index (κ1) is 21.7. The maximum absolute atomic E-state index is 12.7. The Hall–Kier alpha value is -3.99. The van der Waals surface area contributed by atoms with Crippen molar-refractivity contribution in [2.75, 3.05) is 17.7 Å². The van der Waals surface area contributed by atoms with Gasteiger partial charge >= 0.3 is 0 Å². The van der Waals surface area contributed by atoms with E-state index >= 15 is 0 Å². The number of anilines is 2. The minimum absolute atomic E-state index is 0.100. The zero-order valence-electron chi connectivity index (χ0n) is 16.6. The van der Waals surface area contributed by atoms with Crippen LogP contribution in [0.2, 0.25) is 0 Å². The van der Waals surface area contributed by atoms with Gasteiger partial charge in [-0.2, -0.15) is 0 Å². The SMILES string of the molecule is COc1cc(C(=O)Nc2ccc(NC(C)=O)cc2)c([N+](=O)[O-])cc1OCc1cscn1. The third-order valence-corrected chi connectivity index (χ3v) is 4.68. The van der Waals surface area contributed by atoms with Gasteiger partial charge in [-0.15, -0.1) is 11.3 Å². The van der Waals surface area contributed by atoms with Crippen molar-refractivity contribution in [3.8, 4) is 11.5 Å². The van der Waals surface area contributed by atoms with Crippen molar-refractivity contribution in [3.63, 3.8) is 0 Å². The Bertz CT molecular complexity index is 1100. The summed E-state index contributed by atoms with van der Waals surface area (Å²) in [7, 11) is 1.37. The number of thiazole rings is 1. The summed E-state index contributed by atoms with van der Waals surface area (Å²) in [4.78, 5) is 38.8. The molecular weight excluding hydrogens is 424 g/mol. The Morgan fingerprint density at radius 3 is 2.35 bits per heavy atom. The molecule has 0 saturated heterocycles. The van der Waals surface area contributed by atoms with Crippen LogP contribution >= 0.6 is 11.3 Å². The molecule has 3 aromatic rings. The Balaban J connectivity index is 1.83. The highest BCUT2D eigenvalue weighted by Gasteiger charge is 2.25. The Labute approximate surface area is 181 Å². The Kier molecular flexibility index (Phi) is 6.78. The highest BCUT2D eigenvalue weighted by Crippen LogP contribution is 2.35. The van der Waals surface area contributed by atoms with E-state index in [9.17, 15) is 19.7 Å². The lowest BCUT2D eigenvalue weighted by Crippen LogP contribution is -2.15. The zero-order valence-corrected chi connectivity index (χ0v) is 17.4. The van der Waals surface area contributed by atoms with Gasteiger partial charge in [-0.3, -0.25) is 19.7 Å². The van der Waals surface area contributed by atoms with Crippen LogP contribution in [0, 0.1) is 10.1 Å². The number of rotatable bonds is 8. The van der Waals surface area contributed by atoms with Crippen LogP contribution in [0.15, 0.2) is 47.3 Å². The molecule has 0 spiro atoms. The number of ether oxygens (including phenoxy) is 2. The summed E-state index contributed by atoms with van der Waals surface area (Å²) in [6, 6.07) is 8.74. The van der Waals surface area contributed by atoms with Gasteiger partial charge in [0.15, 0.2) is 11.5 Å². The van der Waals surface area contributed by atoms with Gasteiger partial charge in [0.1, 0.15) is 12.2 Å². The van der Waals surface area contributed by atoms with Crippen LogP contribution in [-0.4, -0.2) is 28.8 Å². The van der Waals surface area contributed by atoms with Gasteiger partial charge in [0, 0.05) is 29.7 Å². The summed E-state index contributed by atoms with van der Waals surface area (Å²) < 4.78 is 10.9. The lowest BCUT2D eigenvalue weighted by Gasteiger charge is -2.13. The fourth-order valence-corrected chi connectivity index (χ4v) is 3.20. The van der Waals surface area contributed by atoms with Gasteiger partial charge in [0.05, 0.1) is 29.3 Å². The number of carbonyl (C=O) groups excluding carboxylic acids is 2. The maximum Gasteiger partial charge on any atom is 0.286 e. The molecule has 160 valence electrons. The second-order valence-electron chi connectivity index (χ2n) is 6.26. The van der Waals surface area contributed by atoms with E-state index in [1.807, 2.05) is 0 Å². The molecule has 0 radical (unpaired) electrons. The molecule has 0 aliphatic carbocycles. The Morgan fingerprint density at radius 2 is 1.81 bits per heavy atom. The van der Waals surface area contributed by atoms with Crippen LogP contribution in [0.4, 0.5) is 17.1 Å². The van der Waals surface area contributed by atoms with E-state index in [2.05, 4.69) is 15.6 Å². The minimum Gasteiger partial charge on any atom is -0.493 e. The van der Waals surface area contributed by atoms with Gasteiger partial charge in [0.25, 0.3) is 11.6 Å². The van der Waals surface area contributed by atoms with E-state index in [-0.39, 0.29) is 29.6 Å².